The summed E-state index contributed by atoms with van der Waals surface area (Å²) in [5, 5.41) is 6.82. The van der Waals surface area contributed by atoms with E-state index in [1.54, 1.807) is 12.1 Å². The van der Waals surface area contributed by atoms with Crippen LogP contribution in [-0.4, -0.2) is 92.9 Å². The van der Waals surface area contributed by atoms with Crippen molar-refractivity contribution in [2.24, 2.45) is 5.92 Å². The number of pyridine rings is 1. The Bertz CT molecular complexity index is 1460. The zero-order valence-electron chi connectivity index (χ0n) is 23.6. The predicted octanol–water partition coefficient (Wildman–Crippen LogP) is 3.34. The van der Waals surface area contributed by atoms with Crippen molar-refractivity contribution in [2.75, 3.05) is 69.6 Å². The third kappa shape index (κ3) is 6.41. The number of fused-ring (bicyclic) bond motifs is 1. The molecule has 41 heavy (non-hydrogen) atoms. The summed E-state index contributed by atoms with van der Waals surface area (Å²) in [5.74, 6) is 0.947. The number of nitrogens with zero attached hydrogens (tertiary/aromatic N) is 5. The lowest BCUT2D eigenvalue weighted by atomic mass is 9.87. The number of hydrogen-bond donors (Lipinski definition) is 2. The number of nitrogens with one attached hydrogen (secondary N) is 2. The number of piperazine rings is 2. The maximum atomic E-state index is 13.7. The van der Waals surface area contributed by atoms with Gasteiger partial charge in [0.05, 0.1) is 10.8 Å². The van der Waals surface area contributed by atoms with E-state index in [0.717, 1.165) is 67.2 Å². The summed E-state index contributed by atoms with van der Waals surface area (Å²) in [5.41, 5.74) is 1.61. The van der Waals surface area contributed by atoms with E-state index in [0.29, 0.717) is 37.2 Å². The smallest absolute Gasteiger partial charge is 0.243 e. The number of likely N-dealkylation sites (N-methyl/N-ethyl adjacent to an activating group) is 1. The third-order valence-corrected chi connectivity index (χ3v) is 11.4. The van der Waals surface area contributed by atoms with Crippen molar-refractivity contribution < 1.29 is 13.2 Å². The molecule has 2 aromatic heterocycles. The standard InChI is InChI=1S/C29H39N7O3S2/c1-34-16-18-35(19-17-34)26-11-10-25-28(32-26)40-29(31-25)33-27(37)24(20-21-4-2-3-5-21)22-6-8-23(9-7-22)41(38,39)36-14-12-30-13-15-36/h6-11,21,24,30H,2-5,12-20H2,1H3,(H,31,33,37). The Balaban J connectivity index is 1.20. The Labute approximate surface area is 246 Å². The normalized spacial score (nSPS) is 20.5. The number of anilines is 2. The number of rotatable bonds is 8. The first-order valence-electron chi connectivity index (χ1n) is 14.7. The van der Waals surface area contributed by atoms with Gasteiger partial charge in [0.1, 0.15) is 16.2 Å². The van der Waals surface area contributed by atoms with Crippen molar-refractivity contribution in [1.29, 1.82) is 0 Å². The molecule has 10 nitrogen and oxygen atoms in total. The zero-order valence-corrected chi connectivity index (χ0v) is 25.2. The highest BCUT2D eigenvalue weighted by Gasteiger charge is 2.30. The summed E-state index contributed by atoms with van der Waals surface area (Å²) in [7, 11) is -1.42. The molecular weight excluding hydrogens is 558 g/mol. The summed E-state index contributed by atoms with van der Waals surface area (Å²) in [4.78, 5) is 29.0. The van der Waals surface area contributed by atoms with Crippen molar-refractivity contribution in [2.45, 2.75) is 42.9 Å². The predicted molar refractivity (Wildman–Crippen MR) is 163 cm³/mol. The molecule has 3 aliphatic rings. The minimum absolute atomic E-state index is 0.104. The van der Waals surface area contributed by atoms with Crippen LogP contribution in [0.5, 0.6) is 0 Å². The van der Waals surface area contributed by atoms with Gasteiger partial charge in [-0.3, -0.25) is 4.79 Å². The molecule has 1 atom stereocenters. The van der Waals surface area contributed by atoms with Gasteiger partial charge in [0.25, 0.3) is 0 Å². The van der Waals surface area contributed by atoms with Crippen LogP contribution in [-0.2, 0) is 14.8 Å². The van der Waals surface area contributed by atoms with Crippen molar-refractivity contribution in [3.05, 3.63) is 42.0 Å². The molecule has 0 radical (unpaired) electrons. The highest BCUT2D eigenvalue weighted by atomic mass is 32.2. The first kappa shape index (κ1) is 28.5. The van der Waals surface area contributed by atoms with Crippen molar-refractivity contribution in [3.8, 4) is 0 Å². The van der Waals surface area contributed by atoms with Crippen LogP contribution in [0, 0.1) is 5.92 Å². The van der Waals surface area contributed by atoms with E-state index in [2.05, 4.69) is 32.5 Å². The summed E-state index contributed by atoms with van der Waals surface area (Å²) in [6.07, 6.45) is 5.38. The van der Waals surface area contributed by atoms with E-state index >= 15 is 0 Å². The van der Waals surface area contributed by atoms with Crippen molar-refractivity contribution in [3.63, 3.8) is 0 Å². The second-order valence-corrected chi connectivity index (χ2v) is 14.4. The number of thiazole rings is 1. The molecule has 1 saturated carbocycles. The van der Waals surface area contributed by atoms with E-state index < -0.39 is 10.0 Å². The molecule has 12 heteroatoms. The fourth-order valence-electron chi connectivity index (χ4n) is 6.14. The molecule has 3 fully saturated rings. The summed E-state index contributed by atoms with van der Waals surface area (Å²) in [6, 6.07) is 10.9. The molecule has 0 spiro atoms. The number of benzene rings is 1. The maximum absolute atomic E-state index is 13.7. The lowest BCUT2D eigenvalue weighted by molar-refractivity contribution is -0.118. The SMILES string of the molecule is CN1CCN(c2ccc3nc(NC(=O)C(CC4CCCC4)c4ccc(S(=O)(=O)N5CCNCC5)cc4)sc3n2)CC1. The van der Waals surface area contributed by atoms with Crippen LogP contribution in [0.15, 0.2) is 41.3 Å². The van der Waals surface area contributed by atoms with Crippen molar-refractivity contribution in [1.82, 2.24) is 24.5 Å². The van der Waals surface area contributed by atoms with Gasteiger partial charge in [0, 0.05) is 52.4 Å². The number of sulfonamides is 1. The lowest BCUT2D eigenvalue weighted by Gasteiger charge is -2.33. The minimum Gasteiger partial charge on any atom is -0.354 e. The minimum atomic E-state index is -3.55. The summed E-state index contributed by atoms with van der Waals surface area (Å²) >= 11 is 1.40. The van der Waals surface area contributed by atoms with E-state index in [-0.39, 0.29) is 16.7 Å². The zero-order chi connectivity index (χ0) is 28.4. The number of carbonyl (C=O) groups is 1. The fraction of sp³-hybridized carbons (Fsp3) is 0.552. The Hall–Kier alpha value is -2.64. The molecule has 2 aliphatic heterocycles. The van der Waals surface area contributed by atoms with Gasteiger partial charge >= 0.3 is 0 Å². The van der Waals surface area contributed by atoms with Gasteiger partial charge in [0.2, 0.25) is 15.9 Å². The molecule has 1 amide bonds. The number of hydrogen-bond acceptors (Lipinski definition) is 9. The van der Waals surface area contributed by atoms with Crippen LogP contribution < -0.4 is 15.5 Å². The average molecular weight is 598 g/mol. The van der Waals surface area contributed by atoms with Crippen LogP contribution in [0.1, 0.15) is 43.6 Å². The van der Waals surface area contributed by atoms with Gasteiger partial charge in [-0.05, 0) is 49.2 Å². The quantitative estimate of drug-likeness (QED) is 0.407. The van der Waals surface area contributed by atoms with Crippen LogP contribution in [0.2, 0.25) is 0 Å². The van der Waals surface area contributed by atoms with Gasteiger partial charge in [-0.25, -0.2) is 18.4 Å². The number of carbonyl (C=O) groups excluding carboxylic acids is 1. The average Bonchev–Trinajstić information content (AvgIpc) is 3.66. The Morgan fingerprint density at radius 1 is 1.00 bits per heavy atom. The van der Waals surface area contributed by atoms with Crippen LogP contribution in [0.4, 0.5) is 10.9 Å². The molecule has 1 unspecified atom stereocenters. The van der Waals surface area contributed by atoms with E-state index in [1.807, 2.05) is 24.3 Å². The van der Waals surface area contributed by atoms with Gasteiger partial charge in [-0.2, -0.15) is 4.31 Å². The summed E-state index contributed by atoms with van der Waals surface area (Å²) in [6.45, 7) is 6.13. The van der Waals surface area contributed by atoms with E-state index in [1.165, 1.54) is 28.5 Å². The van der Waals surface area contributed by atoms with E-state index in [9.17, 15) is 13.2 Å². The molecule has 3 aromatic rings. The summed E-state index contributed by atoms with van der Waals surface area (Å²) < 4.78 is 27.8. The molecule has 220 valence electrons. The van der Waals surface area contributed by atoms with Gasteiger partial charge in [-0.15, -0.1) is 0 Å². The Morgan fingerprint density at radius 3 is 2.41 bits per heavy atom. The Morgan fingerprint density at radius 2 is 1.71 bits per heavy atom. The molecule has 1 aromatic carbocycles. The van der Waals surface area contributed by atoms with Crippen molar-refractivity contribution >= 4 is 48.6 Å². The van der Waals surface area contributed by atoms with E-state index in [4.69, 9.17) is 4.98 Å². The van der Waals surface area contributed by atoms with Gasteiger partial charge in [0.15, 0.2) is 5.13 Å². The van der Waals surface area contributed by atoms with Gasteiger partial charge < -0.3 is 20.4 Å². The molecule has 2 saturated heterocycles. The molecular formula is C29H39N7O3S2. The van der Waals surface area contributed by atoms with Crippen LogP contribution >= 0.6 is 11.3 Å². The first-order chi connectivity index (χ1) is 19.9. The lowest BCUT2D eigenvalue weighted by Crippen LogP contribution is -2.46. The largest absolute Gasteiger partial charge is 0.354 e. The van der Waals surface area contributed by atoms with Crippen LogP contribution in [0.25, 0.3) is 10.3 Å². The van der Waals surface area contributed by atoms with Crippen LogP contribution in [0.3, 0.4) is 0 Å². The topological polar surface area (TPSA) is 111 Å². The number of amides is 1. The highest BCUT2D eigenvalue weighted by Crippen LogP contribution is 2.36. The maximum Gasteiger partial charge on any atom is 0.243 e. The molecule has 2 N–H and O–H groups in total. The second kappa shape index (κ2) is 12.3. The number of aromatic nitrogens is 2. The fourth-order valence-corrected chi connectivity index (χ4v) is 8.42. The molecule has 0 bridgehead atoms. The Kier molecular flexibility index (Phi) is 8.55. The second-order valence-electron chi connectivity index (χ2n) is 11.5. The molecule has 6 rings (SSSR count). The highest BCUT2D eigenvalue weighted by molar-refractivity contribution is 7.89. The van der Waals surface area contributed by atoms with Gasteiger partial charge in [-0.1, -0.05) is 49.2 Å². The molecule has 4 heterocycles. The first-order valence-corrected chi connectivity index (χ1v) is 17.0. The molecule has 1 aliphatic carbocycles. The third-order valence-electron chi connectivity index (χ3n) is 8.65. The monoisotopic (exact) mass is 597 g/mol.